The van der Waals surface area contributed by atoms with E-state index in [1.165, 1.54) is 23.5 Å². The fourth-order valence-corrected chi connectivity index (χ4v) is 2.29. The number of carboxylic acids is 1. The molecule has 1 N–H and O–H groups in total. The molecule has 1 heterocycles. The second-order valence-corrected chi connectivity index (χ2v) is 5.06. The van der Waals surface area contributed by atoms with Crippen LogP contribution in [0.1, 0.15) is 15.4 Å². The highest BCUT2D eigenvalue weighted by atomic mass is 32.1. The standard InChI is InChI=1S/C13H10F3NO3S/c14-13(15,16)7-20-5-11-17-10(6-21-11)8-1-3-9(4-2-8)12(18)19/h1-4,6H,5,7H2,(H,18,19). The summed E-state index contributed by atoms with van der Waals surface area (Å²) >= 11 is 1.19. The van der Waals surface area contributed by atoms with E-state index < -0.39 is 18.8 Å². The van der Waals surface area contributed by atoms with Crippen molar-refractivity contribution in [1.82, 2.24) is 4.98 Å². The van der Waals surface area contributed by atoms with Crippen molar-refractivity contribution < 1.29 is 27.8 Å². The maximum Gasteiger partial charge on any atom is 0.411 e. The first-order chi connectivity index (χ1) is 9.85. The topological polar surface area (TPSA) is 59.4 Å². The van der Waals surface area contributed by atoms with Gasteiger partial charge in [-0.3, -0.25) is 0 Å². The number of benzene rings is 1. The first kappa shape index (κ1) is 15.5. The number of aromatic carboxylic acids is 1. The lowest BCUT2D eigenvalue weighted by atomic mass is 10.1. The smallest absolute Gasteiger partial charge is 0.411 e. The fraction of sp³-hybridized carbons (Fsp3) is 0.231. The van der Waals surface area contributed by atoms with Crippen LogP contribution >= 0.6 is 11.3 Å². The van der Waals surface area contributed by atoms with Gasteiger partial charge in [0.1, 0.15) is 11.6 Å². The molecule has 0 aliphatic carbocycles. The van der Waals surface area contributed by atoms with E-state index in [1.54, 1.807) is 17.5 Å². The molecule has 1 aromatic carbocycles. The summed E-state index contributed by atoms with van der Waals surface area (Å²) in [6, 6.07) is 6.07. The van der Waals surface area contributed by atoms with Crippen LogP contribution in [0, 0.1) is 0 Å². The van der Waals surface area contributed by atoms with Gasteiger partial charge >= 0.3 is 12.1 Å². The summed E-state index contributed by atoms with van der Waals surface area (Å²) in [4.78, 5) is 14.9. The number of ether oxygens (including phenoxy) is 1. The van der Waals surface area contributed by atoms with Crippen molar-refractivity contribution in [3.05, 3.63) is 40.2 Å². The second kappa shape index (κ2) is 6.23. The van der Waals surface area contributed by atoms with Crippen LogP contribution in [0.3, 0.4) is 0 Å². The number of carbonyl (C=O) groups is 1. The van der Waals surface area contributed by atoms with Crippen molar-refractivity contribution in [1.29, 1.82) is 0 Å². The van der Waals surface area contributed by atoms with Crippen LogP contribution in [0.25, 0.3) is 11.3 Å². The number of nitrogens with zero attached hydrogens (tertiary/aromatic N) is 1. The third kappa shape index (κ3) is 4.54. The zero-order valence-electron chi connectivity index (χ0n) is 10.6. The van der Waals surface area contributed by atoms with Gasteiger partial charge in [-0.05, 0) is 12.1 Å². The highest BCUT2D eigenvalue weighted by Crippen LogP contribution is 2.23. The molecule has 0 bridgehead atoms. The van der Waals surface area contributed by atoms with E-state index in [4.69, 9.17) is 5.11 Å². The molecule has 2 rings (SSSR count). The van der Waals surface area contributed by atoms with Crippen molar-refractivity contribution in [2.75, 3.05) is 6.61 Å². The minimum atomic E-state index is -4.35. The number of hydrogen-bond donors (Lipinski definition) is 1. The Morgan fingerprint density at radius 2 is 1.95 bits per heavy atom. The molecule has 112 valence electrons. The molecule has 0 saturated carbocycles. The number of alkyl halides is 3. The van der Waals surface area contributed by atoms with Crippen LogP contribution in [-0.4, -0.2) is 28.8 Å². The maximum absolute atomic E-state index is 11.9. The Morgan fingerprint density at radius 3 is 2.52 bits per heavy atom. The monoisotopic (exact) mass is 317 g/mol. The third-order valence-corrected chi connectivity index (χ3v) is 3.29. The van der Waals surface area contributed by atoms with E-state index in [0.717, 1.165) is 0 Å². The lowest BCUT2D eigenvalue weighted by Crippen LogP contribution is -2.16. The average molecular weight is 317 g/mol. The van der Waals surface area contributed by atoms with E-state index in [9.17, 15) is 18.0 Å². The van der Waals surface area contributed by atoms with Gasteiger partial charge in [0.2, 0.25) is 0 Å². The first-order valence-corrected chi connectivity index (χ1v) is 6.66. The number of hydrogen-bond acceptors (Lipinski definition) is 4. The van der Waals surface area contributed by atoms with Crippen molar-refractivity contribution in [3.63, 3.8) is 0 Å². The Balaban J connectivity index is 2.00. The Hall–Kier alpha value is -1.93. The summed E-state index contributed by atoms with van der Waals surface area (Å²) < 4.78 is 40.4. The predicted molar refractivity (Wildman–Crippen MR) is 70.2 cm³/mol. The molecule has 0 aliphatic rings. The summed E-state index contributed by atoms with van der Waals surface area (Å²) in [6.45, 7) is -1.52. The van der Waals surface area contributed by atoms with Gasteiger partial charge in [-0.15, -0.1) is 11.3 Å². The molecule has 0 atom stereocenters. The molecule has 8 heteroatoms. The largest absolute Gasteiger partial charge is 0.478 e. The maximum atomic E-state index is 11.9. The van der Waals surface area contributed by atoms with Crippen molar-refractivity contribution in [2.24, 2.45) is 0 Å². The van der Waals surface area contributed by atoms with Gasteiger partial charge in [0.05, 0.1) is 17.9 Å². The Morgan fingerprint density at radius 1 is 1.29 bits per heavy atom. The Kier molecular flexibility index (Phi) is 4.59. The van der Waals surface area contributed by atoms with Crippen molar-refractivity contribution in [3.8, 4) is 11.3 Å². The van der Waals surface area contributed by atoms with Crippen LogP contribution in [0.4, 0.5) is 13.2 Å². The lowest BCUT2D eigenvalue weighted by molar-refractivity contribution is -0.176. The molecule has 0 amide bonds. The molecule has 0 saturated heterocycles. The summed E-state index contributed by atoms with van der Waals surface area (Å²) in [5.74, 6) is -1.03. The summed E-state index contributed by atoms with van der Waals surface area (Å²) in [6.07, 6.45) is -4.35. The molecule has 2 aromatic rings. The quantitative estimate of drug-likeness (QED) is 0.915. The van der Waals surface area contributed by atoms with Gasteiger partial charge in [0, 0.05) is 10.9 Å². The highest BCUT2D eigenvalue weighted by Gasteiger charge is 2.27. The second-order valence-electron chi connectivity index (χ2n) is 4.12. The highest BCUT2D eigenvalue weighted by molar-refractivity contribution is 7.09. The van der Waals surface area contributed by atoms with Gasteiger partial charge in [-0.2, -0.15) is 13.2 Å². The van der Waals surface area contributed by atoms with Crippen LogP contribution in [0.2, 0.25) is 0 Å². The van der Waals surface area contributed by atoms with E-state index in [0.29, 0.717) is 16.3 Å². The number of thiazole rings is 1. The zero-order valence-corrected chi connectivity index (χ0v) is 11.4. The van der Waals surface area contributed by atoms with Crippen molar-refractivity contribution in [2.45, 2.75) is 12.8 Å². The van der Waals surface area contributed by atoms with Crippen LogP contribution < -0.4 is 0 Å². The van der Waals surface area contributed by atoms with E-state index in [-0.39, 0.29) is 12.2 Å². The molecule has 0 aliphatic heterocycles. The molecule has 21 heavy (non-hydrogen) atoms. The Bertz CT molecular complexity index is 622. The minimum absolute atomic E-state index is 0.155. The molecular weight excluding hydrogens is 307 g/mol. The third-order valence-electron chi connectivity index (χ3n) is 2.47. The van der Waals surface area contributed by atoms with Crippen LogP contribution in [0.15, 0.2) is 29.6 Å². The normalized spacial score (nSPS) is 11.6. The van der Waals surface area contributed by atoms with Gasteiger partial charge in [0.25, 0.3) is 0 Å². The minimum Gasteiger partial charge on any atom is -0.478 e. The summed E-state index contributed by atoms with van der Waals surface area (Å²) in [5.41, 5.74) is 1.42. The number of halogens is 3. The van der Waals surface area contributed by atoms with E-state index in [1.807, 2.05) is 0 Å². The van der Waals surface area contributed by atoms with E-state index >= 15 is 0 Å². The molecule has 0 spiro atoms. The zero-order chi connectivity index (χ0) is 15.5. The number of carboxylic acid groups (broad SMARTS) is 1. The number of rotatable bonds is 5. The summed E-state index contributed by atoms with van der Waals surface area (Å²) in [5, 5.41) is 10.9. The molecule has 0 radical (unpaired) electrons. The van der Waals surface area contributed by atoms with Crippen LogP contribution in [0.5, 0.6) is 0 Å². The SMILES string of the molecule is O=C(O)c1ccc(-c2csc(COCC(F)(F)F)n2)cc1. The lowest BCUT2D eigenvalue weighted by Gasteiger charge is -2.05. The first-order valence-electron chi connectivity index (χ1n) is 5.78. The number of aromatic nitrogens is 1. The molecular formula is C13H10F3NO3S. The van der Waals surface area contributed by atoms with Crippen molar-refractivity contribution >= 4 is 17.3 Å². The molecule has 1 aromatic heterocycles. The summed E-state index contributed by atoms with van der Waals surface area (Å²) in [7, 11) is 0. The van der Waals surface area contributed by atoms with Gasteiger partial charge in [-0.25, -0.2) is 9.78 Å². The van der Waals surface area contributed by atoms with Gasteiger partial charge in [-0.1, -0.05) is 12.1 Å². The fourth-order valence-electron chi connectivity index (χ4n) is 1.55. The average Bonchev–Trinajstić information content (AvgIpc) is 2.86. The van der Waals surface area contributed by atoms with Crippen LogP contribution in [-0.2, 0) is 11.3 Å². The molecule has 0 fully saturated rings. The van der Waals surface area contributed by atoms with Gasteiger partial charge in [0.15, 0.2) is 0 Å². The molecule has 0 unspecified atom stereocenters. The Labute approximate surface area is 121 Å². The van der Waals surface area contributed by atoms with E-state index in [2.05, 4.69) is 9.72 Å². The molecule has 4 nitrogen and oxygen atoms in total. The predicted octanol–water partition coefficient (Wildman–Crippen LogP) is 3.59. The van der Waals surface area contributed by atoms with Gasteiger partial charge < -0.3 is 9.84 Å².